The molecule has 0 nitrogen and oxygen atoms in total. The van der Waals surface area contributed by atoms with Gasteiger partial charge in [0.15, 0.2) is 0 Å². The maximum atomic E-state index is 2.39. The Hall–Kier alpha value is 0. The van der Waals surface area contributed by atoms with Gasteiger partial charge >= 0.3 is 0 Å². The van der Waals surface area contributed by atoms with Gasteiger partial charge in [-0.25, -0.2) is 0 Å². The molecule has 0 bridgehead atoms. The lowest BCUT2D eigenvalue weighted by Crippen LogP contribution is -2.03. The highest BCUT2D eigenvalue weighted by Gasteiger charge is 2.10. The molecule has 0 radical (unpaired) electrons. The molecule has 0 aliphatic carbocycles. The van der Waals surface area contributed by atoms with Crippen LogP contribution in [0.1, 0.15) is 172 Å². The van der Waals surface area contributed by atoms with Crippen LogP contribution in [0.25, 0.3) is 0 Å². The van der Waals surface area contributed by atoms with E-state index >= 15 is 0 Å². The smallest absolute Gasteiger partial charge is 0.0417 e. The zero-order valence-electron chi connectivity index (χ0n) is 24.8. The molecule has 0 aromatic carbocycles. The van der Waals surface area contributed by atoms with Crippen molar-refractivity contribution in [3.8, 4) is 0 Å². The van der Waals surface area contributed by atoms with Crippen molar-refractivity contribution in [2.45, 2.75) is 172 Å². The van der Waals surface area contributed by atoms with E-state index < -0.39 is 0 Å². The van der Waals surface area contributed by atoms with Crippen molar-refractivity contribution in [3.63, 3.8) is 0 Å². The Bertz CT molecular complexity index is 312. The van der Waals surface area contributed by atoms with Crippen LogP contribution >= 0.6 is 0 Å². The summed E-state index contributed by atoms with van der Waals surface area (Å²) in [5.41, 5.74) is 0. The Morgan fingerprint density at radius 2 is 0.594 bits per heavy atom. The minimum atomic E-state index is 0.934. The van der Waals surface area contributed by atoms with Gasteiger partial charge in [0.05, 0.1) is 0 Å². The fourth-order valence-corrected chi connectivity index (χ4v) is 4.47. The molecule has 0 spiro atoms. The lowest BCUT2D eigenvalue weighted by molar-refractivity contribution is 0.352. The maximum absolute atomic E-state index is 2.39. The van der Waals surface area contributed by atoms with Gasteiger partial charge in [-0.1, -0.05) is 172 Å². The molecule has 6 atom stereocenters. The molecule has 0 aromatic heterocycles. The van der Waals surface area contributed by atoms with Crippen molar-refractivity contribution in [1.82, 2.24) is 0 Å². The van der Waals surface area contributed by atoms with Crippen LogP contribution < -0.4 is 0 Å². The molecule has 6 unspecified atom stereocenters. The van der Waals surface area contributed by atoms with Gasteiger partial charge in [-0.05, 0) is 35.5 Å². The van der Waals surface area contributed by atoms with Gasteiger partial charge in [-0.3, -0.25) is 0 Å². The first kappa shape index (κ1) is 34.2. The van der Waals surface area contributed by atoms with Crippen molar-refractivity contribution in [3.05, 3.63) is 0 Å². The van der Waals surface area contributed by atoms with E-state index in [1.54, 1.807) is 0 Å². The molecule has 0 rings (SSSR count). The Kier molecular flexibility index (Phi) is 25.8. The highest BCUT2D eigenvalue weighted by Crippen LogP contribution is 2.25. The first-order chi connectivity index (χ1) is 15.3. The number of hydrogen-bond acceptors (Lipinski definition) is 0. The quantitative estimate of drug-likeness (QED) is 0.172. The summed E-state index contributed by atoms with van der Waals surface area (Å²) in [6.07, 6.45) is 22.7. The normalized spacial score (nSPS) is 17.1. The molecular formula is C32H68. The van der Waals surface area contributed by atoms with E-state index in [1.807, 2.05) is 0 Å². The predicted molar refractivity (Wildman–Crippen MR) is 152 cm³/mol. The summed E-state index contributed by atoms with van der Waals surface area (Å²) < 4.78 is 0. The summed E-state index contributed by atoms with van der Waals surface area (Å²) >= 11 is 0. The van der Waals surface area contributed by atoms with Crippen molar-refractivity contribution in [2.24, 2.45) is 35.5 Å². The van der Waals surface area contributed by atoms with Gasteiger partial charge in [0.1, 0.15) is 0 Å². The average Bonchev–Trinajstić information content (AvgIpc) is 2.82. The highest BCUT2D eigenvalue weighted by molar-refractivity contribution is 4.63. The first-order valence-corrected chi connectivity index (χ1v) is 15.3. The molecular weight excluding hydrogens is 384 g/mol. The van der Waals surface area contributed by atoms with Crippen molar-refractivity contribution in [1.29, 1.82) is 0 Å². The standard InChI is InChI=1S/2C16H34/c2*1-6-14(4)10-9-11-16(8-3)13-12-15(5)7-2/h2*14-16H,6-13H2,1-5H3. The molecule has 196 valence electrons. The first-order valence-electron chi connectivity index (χ1n) is 15.3. The largest absolute Gasteiger partial charge is 0.0651 e. The topological polar surface area (TPSA) is 0 Å². The van der Waals surface area contributed by atoms with Gasteiger partial charge in [0.25, 0.3) is 0 Å². The molecule has 0 aliphatic rings. The van der Waals surface area contributed by atoms with E-state index in [-0.39, 0.29) is 0 Å². The van der Waals surface area contributed by atoms with Gasteiger partial charge in [-0.2, -0.15) is 0 Å². The number of hydrogen-bond donors (Lipinski definition) is 0. The molecule has 0 aromatic rings. The van der Waals surface area contributed by atoms with Crippen LogP contribution in [0, 0.1) is 35.5 Å². The summed E-state index contributed by atoms with van der Waals surface area (Å²) in [5, 5.41) is 0. The van der Waals surface area contributed by atoms with E-state index in [1.165, 1.54) is 103 Å². The molecule has 0 aliphatic heterocycles. The molecule has 0 saturated heterocycles. The lowest BCUT2D eigenvalue weighted by Gasteiger charge is -2.18. The summed E-state index contributed by atoms with van der Waals surface area (Å²) in [6, 6.07) is 0. The molecule has 0 saturated carbocycles. The van der Waals surface area contributed by atoms with Crippen LogP contribution in [0.3, 0.4) is 0 Å². The van der Waals surface area contributed by atoms with Crippen LogP contribution in [0.4, 0.5) is 0 Å². The second-order valence-corrected chi connectivity index (χ2v) is 11.6. The lowest BCUT2D eigenvalue weighted by atomic mass is 9.88. The summed E-state index contributed by atoms with van der Waals surface area (Å²) in [4.78, 5) is 0. The van der Waals surface area contributed by atoms with E-state index in [4.69, 9.17) is 0 Å². The van der Waals surface area contributed by atoms with Crippen molar-refractivity contribution >= 4 is 0 Å². The Labute approximate surface area is 207 Å². The molecule has 0 N–H and O–H groups in total. The fourth-order valence-electron chi connectivity index (χ4n) is 4.47. The zero-order valence-corrected chi connectivity index (χ0v) is 24.8. The Balaban J connectivity index is 0. The Morgan fingerprint density at radius 3 is 0.844 bits per heavy atom. The highest BCUT2D eigenvalue weighted by atomic mass is 14.2. The zero-order chi connectivity index (χ0) is 24.8. The third kappa shape index (κ3) is 21.8. The minimum absolute atomic E-state index is 0.934. The van der Waals surface area contributed by atoms with Gasteiger partial charge < -0.3 is 0 Å². The van der Waals surface area contributed by atoms with Gasteiger partial charge in [0, 0.05) is 0 Å². The summed E-state index contributed by atoms with van der Waals surface area (Å²) in [5.74, 6) is 5.74. The van der Waals surface area contributed by atoms with Gasteiger partial charge in [0.2, 0.25) is 0 Å². The maximum Gasteiger partial charge on any atom is -0.0417 e. The van der Waals surface area contributed by atoms with Crippen LogP contribution in [-0.2, 0) is 0 Å². The number of rotatable bonds is 20. The van der Waals surface area contributed by atoms with E-state index in [9.17, 15) is 0 Å². The summed E-state index contributed by atoms with van der Waals surface area (Å²) in [7, 11) is 0. The van der Waals surface area contributed by atoms with Crippen LogP contribution in [-0.4, -0.2) is 0 Å². The average molecular weight is 453 g/mol. The van der Waals surface area contributed by atoms with E-state index in [2.05, 4.69) is 69.2 Å². The van der Waals surface area contributed by atoms with Crippen molar-refractivity contribution in [2.75, 3.05) is 0 Å². The van der Waals surface area contributed by atoms with Crippen LogP contribution in [0.15, 0.2) is 0 Å². The van der Waals surface area contributed by atoms with Crippen LogP contribution in [0.5, 0.6) is 0 Å². The van der Waals surface area contributed by atoms with Crippen LogP contribution in [0.2, 0.25) is 0 Å². The third-order valence-electron chi connectivity index (χ3n) is 8.70. The molecule has 32 heavy (non-hydrogen) atoms. The molecule has 0 heterocycles. The Morgan fingerprint density at radius 1 is 0.312 bits per heavy atom. The monoisotopic (exact) mass is 453 g/mol. The second kappa shape index (κ2) is 24.1. The van der Waals surface area contributed by atoms with E-state index in [0.717, 1.165) is 35.5 Å². The molecule has 0 amide bonds. The third-order valence-corrected chi connectivity index (χ3v) is 8.70. The minimum Gasteiger partial charge on any atom is -0.0651 e. The van der Waals surface area contributed by atoms with E-state index in [0.29, 0.717) is 0 Å². The second-order valence-electron chi connectivity index (χ2n) is 11.6. The fraction of sp³-hybridized carbons (Fsp3) is 1.00. The SMILES string of the molecule is CCC(C)CCCC(CC)CCC(C)CC.CCC(C)CCCC(CC)CCC(C)CC. The molecule has 0 fully saturated rings. The predicted octanol–water partition coefficient (Wildman–Crippen LogP) is 12.1. The van der Waals surface area contributed by atoms with Crippen molar-refractivity contribution < 1.29 is 0 Å². The van der Waals surface area contributed by atoms with Gasteiger partial charge in [-0.15, -0.1) is 0 Å². The molecule has 0 heteroatoms. The summed E-state index contributed by atoms with van der Waals surface area (Å²) in [6.45, 7) is 23.5.